The van der Waals surface area contributed by atoms with Gasteiger partial charge in [-0.2, -0.15) is 0 Å². The summed E-state index contributed by atoms with van der Waals surface area (Å²) >= 11 is 0. The van der Waals surface area contributed by atoms with E-state index in [9.17, 15) is 0 Å². The minimum atomic E-state index is 1.02. The Balaban J connectivity index is 2.41. The Bertz CT molecular complexity index is 268. The number of anilines is 1. The van der Waals surface area contributed by atoms with E-state index in [0.29, 0.717) is 0 Å². The summed E-state index contributed by atoms with van der Waals surface area (Å²) in [4.78, 5) is 4.33. The van der Waals surface area contributed by atoms with Crippen LogP contribution >= 0.6 is 0 Å². The lowest BCUT2D eigenvalue weighted by molar-refractivity contribution is 1.02. The van der Waals surface area contributed by atoms with Crippen LogP contribution in [0.3, 0.4) is 0 Å². The van der Waals surface area contributed by atoms with Crippen LogP contribution in [0.15, 0.2) is 12.3 Å². The summed E-state index contributed by atoms with van der Waals surface area (Å²) in [5, 5.41) is 3.33. The van der Waals surface area contributed by atoms with Crippen molar-refractivity contribution in [2.24, 2.45) is 0 Å². The first kappa shape index (κ1) is 6.65. The largest absolute Gasteiger partial charge is 0.384 e. The Morgan fingerprint density at radius 1 is 1.64 bits per heavy atom. The number of rotatable bonds is 1. The topological polar surface area (TPSA) is 24.9 Å². The van der Waals surface area contributed by atoms with Crippen molar-refractivity contribution in [3.8, 4) is 0 Å². The van der Waals surface area contributed by atoms with Crippen LogP contribution in [0.1, 0.15) is 18.2 Å². The Morgan fingerprint density at radius 3 is 3.36 bits per heavy atom. The zero-order valence-corrected chi connectivity index (χ0v) is 6.72. The van der Waals surface area contributed by atoms with Crippen molar-refractivity contribution >= 4 is 5.69 Å². The Morgan fingerprint density at radius 2 is 2.55 bits per heavy atom. The molecule has 1 aliphatic rings. The number of fused-ring (bicyclic) bond motifs is 1. The number of nitrogens with zero attached hydrogens (tertiary/aromatic N) is 1. The highest BCUT2D eigenvalue weighted by molar-refractivity contribution is 5.54. The van der Waals surface area contributed by atoms with Crippen LogP contribution in [0.4, 0.5) is 5.69 Å². The Hall–Kier alpha value is -1.05. The molecule has 0 saturated carbocycles. The normalized spacial score (nSPS) is 14.3. The molecule has 1 aromatic heterocycles. The van der Waals surface area contributed by atoms with Crippen LogP contribution in [-0.2, 0) is 12.8 Å². The van der Waals surface area contributed by atoms with Gasteiger partial charge >= 0.3 is 0 Å². The molecule has 0 radical (unpaired) electrons. The molecule has 0 aromatic carbocycles. The molecule has 2 heterocycles. The molecule has 2 heteroatoms. The first-order valence-electron chi connectivity index (χ1n) is 4.12. The summed E-state index contributed by atoms with van der Waals surface area (Å²) in [7, 11) is 0. The van der Waals surface area contributed by atoms with Gasteiger partial charge in [0.2, 0.25) is 0 Å². The summed E-state index contributed by atoms with van der Waals surface area (Å²) in [5.41, 5.74) is 3.83. The number of aromatic nitrogens is 1. The maximum Gasteiger partial charge on any atom is 0.0421 e. The van der Waals surface area contributed by atoms with E-state index in [-0.39, 0.29) is 0 Å². The van der Waals surface area contributed by atoms with Gasteiger partial charge in [-0.25, -0.2) is 0 Å². The maximum absolute atomic E-state index is 4.33. The molecule has 0 unspecified atom stereocenters. The Labute approximate surface area is 66.7 Å². The highest BCUT2D eigenvalue weighted by Crippen LogP contribution is 2.21. The lowest BCUT2D eigenvalue weighted by Gasteiger charge is -2.00. The second kappa shape index (κ2) is 2.53. The maximum atomic E-state index is 4.33. The molecule has 0 fully saturated rings. The number of hydrogen-bond acceptors (Lipinski definition) is 2. The van der Waals surface area contributed by atoms with E-state index in [1.165, 1.54) is 16.9 Å². The summed E-state index contributed by atoms with van der Waals surface area (Å²) in [6.07, 6.45) is 4.15. The van der Waals surface area contributed by atoms with E-state index in [1.54, 1.807) is 0 Å². The van der Waals surface area contributed by atoms with Crippen LogP contribution < -0.4 is 5.32 Å². The fourth-order valence-electron chi connectivity index (χ4n) is 1.42. The van der Waals surface area contributed by atoms with Crippen molar-refractivity contribution in [1.82, 2.24) is 4.98 Å². The van der Waals surface area contributed by atoms with Crippen molar-refractivity contribution in [3.05, 3.63) is 23.5 Å². The van der Waals surface area contributed by atoms with Gasteiger partial charge in [0.25, 0.3) is 0 Å². The third-order valence-electron chi connectivity index (χ3n) is 2.12. The minimum Gasteiger partial charge on any atom is -0.384 e. The zero-order chi connectivity index (χ0) is 7.68. The van der Waals surface area contributed by atoms with Crippen LogP contribution in [0.5, 0.6) is 0 Å². The minimum absolute atomic E-state index is 1.02. The summed E-state index contributed by atoms with van der Waals surface area (Å²) in [5.74, 6) is 0. The van der Waals surface area contributed by atoms with Gasteiger partial charge in [0.1, 0.15) is 0 Å². The fourth-order valence-corrected chi connectivity index (χ4v) is 1.42. The van der Waals surface area contributed by atoms with Gasteiger partial charge in [-0.05, 0) is 24.5 Å². The smallest absolute Gasteiger partial charge is 0.0421 e. The highest BCUT2D eigenvalue weighted by atomic mass is 14.9. The molecule has 0 saturated heterocycles. The van der Waals surface area contributed by atoms with E-state index in [4.69, 9.17) is 0 Å². The van der Waals surface area contributed by atoms with E-state index >= 15 is 0 Å². The standard InChI is InChI=1S/C9H12N2/c1-2-8-5-9-7(6-11-8)3-4-10-9/h5-6,10H,2-4H2,1H3. The molecule has 58 valence electrons. The second-order valence-corrected chi connectivity index (χ2v) is 2.86. The van der Waals surface area contributed by atoms with E-state index < -0.39 is 0 Å². The van der Waals surface area contributed by atoms with Crippen molar-refractivity contribution in [3.63, 3.8) is 0 Å². The lowest BCUT2D eigenvalue weighted by Crippen LogP contribution is -1.92. The van der Waals surface area contributed by atoms with E-state index in [2.05, 4.69) is 23.3 Å². The number of hydrogen-bond donors (Lipinski definition) is 1. The van der Waals surface area contributed by atoms with Gasteiger partial charge < -0.3 is 5.32 Å². The van der Waals surface area contributed by atoms with Crippen molar-refractivity contribution in [1.29, 1.82) is 0 Å². The first-order valence-corrected chi connectivity index (χ1v) is 4.12. The number of nitrogens with one attached hydrogen (secondary N) is 1. The molecule has 1 aliphatic heterocycles. The van der Waals surface area contributed by atoms with Gasteiger partial charge in [-0.15, -0.1) is 0 Å². The Kier molecular flexibility index (Phi) is 1.53. The van der Waals surface area contributed by atoms with Gasteiger partial charge in [0.05, 0.1) is 0 Å². The van der Waals surface area contributed by atoms with E-state index in [0.717, 1.165) is 19.4 Å². The van der Waals surface area contributed by atoms with Gasteiger partial charge in [0.15, 0.2) is 0 Å². The summed E-state index contributed by atoms with van der Waals surface area (Å²) < 4.78 is 0. The molecule has 0 bridgehead atoms. The SMILES string of the molecule is CCc1cc2c(cn1)CCN2. The van der Waals surface area contributed by atoms with Gasteiger partial charge in [0, 0.05) is 24.1 Å². The fraction of sp³-hybridized carbons (Fsp3) is 0.444. The summed E-state index contributed by atoms with van der Waals surface area (Å²) in [6, 6.07) is 2.16. The van der Waals surface area contributed by atoms with Crippen LogP contribution in [0.2, 0.25) is 0 Å². The number of aryl methyl sites for hydroxylation is 1. The van der Waals surface area contributed by atoms with Crippen LogP contribution in [-0.4, -0.2) is 11.5 Å². The molecule has 0 spiro atoms. The molecule has 2 nitrogen and oxygen atoms in total. The molecule has 2 rings (SSSR count). The van der Waals surface area contributed by atoms with E-state index in [1.807, 2.05) is 6.20 Å². The molecule has 0 aliphatic carbocycles. The zero-order valence-electron chi connectivity index (χ0n) is 6.72. The second-order valence-electron chi connectivity index (χ2n) is 2.86. The molecule has 1 aromatic rings. The predicted molar refractivity (Wildman–Crippen MR) is 45.8 cm³/mol. The van der Waals surface area contributed by atoms with Crippen molar-refractivity contribution in [2.45, 2.75) is 19.8 Å². The quantitative estimate of drug-likeness (QED) is 0.654. The molecule has 0 atom stereocenters. The first-order chi connectivity index (χ1) is 5.40. The molecular formula is C9H12N2. The van der Waals surface area contributed by atoms with Crippen molar-refractivity contribution in [2.75, 3.05) is 11.9 Å². The van der Waals surface area contributed by atoms with Crippen LogP contribution in [0.25, 0.3) is 0 Å². The number of pyridine rings is 1. The average molecular weight is 148 g/mol. The lowest BCUT2D eigenvalue weighted by atomic mass is 10.2. The van der Waals surface area contributed by atoms with Gasteiger partial charge in [-0.3, -0.25) is 4.98 Å². The highest BCUT2D eigenvalue weighted by Gasteiger charge is 2.09. The van der Waals surface area contributed by atoms with Crippen LogP contribution in [0, 0.1) is 0 Å². The monoisotopic (exact) mass is 148 g/mol. The van der Waals surface area contributed by atoms with Crippen molar-refractivity contribution < 1.29 is 0 Å². The average Bonchev–Trinajstić information content (AvgIpc) is 2.50. The molecule has 1 N–H and O–H groups in total. The third-order valence-corrected chi connectivity index (χ3v) is 2.12. The molecule has 0 amide bonds. The molecular weight excluding hydrogens is 136 g/mol. The van der Waals surface area contributed by atoms with Gasteiger partial charge in [-0.1, -0.05) is 6.92 Å². The predicted octanol–water partition coefficient (Wildman–Crippen LogP) is 1.61. The third kappa shape index (κ3) is 1.09. The summed E-state index contributed by atoms with van der Waals surface area (Å²) in [6.45, 7) is 3.20. The molecule has 11 heavy (non-hydrogen) atoms.